The number of nitrogens with zero attached hydrogens (tertiary/aromatic N) is 3. The Morgan fingerprint density at radius 1 is 1.19 bits per heavy atom. The summed E-state index contributed by atoms with van der Waals surface area (Å²) in [4.78, 5) is 29.6. The van der Waals surface area contributed by atoms with Crippen LogP contribution in [0.4, 0.5) is 0 Å². The Balaban J connectivity index is 1.73. The van der Waals surface area contributed by atoms with E-state index in [1.165, 1.54) is 19.3 Å². The van der Waals surface area contributed by atoms with Crippen LogP contribution in [0.15, 0.2) is 12.2 Å². The first kappa shape index (κ1) is 20.3. The molecule has 0 N–H and O–H groups in total. The van der Waals surface area contributed by atoms with Crippen LogP contribution >= 0.6 is 0 Å². The minimum absolute atomic E-state index is 0.0255. The minimum Gasteiger partial charge on any atom is -0.333 e. The Labute approximate surface area is 162 Å². The molecule has 1 unspecified atom stereocenters. The highest BCUT2D eigenvalue weighted by molar-refractivity contribution is 7.88. The molecule has 0 spiro atoms. The first-order valence-electron chi connectivity index (χ1n) is 9.94. The Morgan fingerprint density at radius 3 is 2.44 bits per heavy atom. The number of hydrogen-bond donors (Lipinski definition) is 0. The second-order valence-corrected chi connectivity index (χ2v) is 10.2. The maximum atomic E-state index is 12.8. The molecule has 3 aliphatic rings. The zero-order valence-electron chi connectivity index (χ0n) is 16.5. The second-order valence-electron chi connectivity index (χ2n) is 8.31. The molecule has 0 aromatic heterocycles. The van der Waals surface area contributed by atoms with Gasteiger partial charge in [0, 0.05) is 19.2 Å². The van der Waals surface area contributed by atoms with Crippen LogP contribution in [-0.2, 0) is 19.6 Å². The summed E-state index contributed by atoms with van der Waals surface area (Å²) in [5.41, 5.74) is 0. The van der Waals surface area contributed by atoms with Crippen LogP contribution in [0, 0.1) is 11.8 Å². The lowest BCUT2D eigenvalue weighted by atomic mass is 9.88. The summed E-state index contributed by atoms with van der Waals surface area (Å²) in [7, 11) is -3.63. The first-order valence-corrected chi connectivity index (χ1v) is 11.8. The van der Waals surface area contributed by atoms with Crippen molar-refractivity contribution in [2.24, 2.45) is 11.8 Å². The smallest absolute Gasteiger partial charge is 0.246 e. The molecule has 2 amide bonds. The van der Waals surface area contributed by atoms with Crippen molar-refractivity contribution in [2.75, 3.05) is 32.4 Å². The lowest BCUT2D eigenvalue weighted by molar-refractivity contribution is -0.131. The van der Waals surface area contributed by atoms with E-state index in [1.807, 2.05) is 19.9 Å². The first-order chi connectivity index (χ1) is 12.7. The summed E-state index contributed by atoms with van der Waals surface area (Å²) >= 11 is 0. The molecule has 0 aliphatic carbocycles. The zero-order valence-corrected chi connectivity index (χ0v) is 17.3. The van der Waals surface area contributed by atoms with Crippen molar-refractivity contribution in [2.45, 2.75) is 51.6 Å². The van der Waals surface area contributed by atoms with Crippen LogP contribution in [-0.4, -0.2) is 78.9 Å². The minimum atomic E-state index is -3.63. The van der Waals surface area contributed by atoms with Crippen molar-refractivity contribution in [1.82, 2.24) is 14.1 Å². The Bertz CT molecular complexity index is 712. The molecule has 0 aromatic carbocycles. The van der Waals surface area contributed by atoms with Gasteiger partial charge in [-0.1, -0.05) is 26.3 Å². The molecule has 3 rings (SSSR count). The number of likely N-dealkylation sites (tertiary alicyclic amines) is 2. The van der Waals surface area contributed by atoms with Gasteiger partial charge in [-0.2, -0.15) is 0 Å². The Hall–Kier alpha value is -1.41. The van der Waals surface area contributed by atoms with E-state index in [1.54, 1.807) is 11.0 Å². The molecule has 0 aromatic rings. The third-order valence-electron chi connectivity index (χ3n) is 6.02. The van der Waals surface area contributed by atoms with Gasteiger partial charge in [0.1, 0.15) is 0 Å². The molecule has 3 saturated heterocycles. The Kier molecular flexibility index (Phi) is 5.96. The highest BCUT2D eigenvalue weighted by Crippen LogP contribution is 2.41. The highest BCUT2D eigenvalue weighted by Gasteiger charge is 2.58. The van der Waals surface area contributed by atoms with E-state index in [4.69, 9.17) is 0 Å². The topological polar surface area (TPSA) is 78.0 Å². The number of carbonyl (C=O) groups is 2. The number of carbonyl (C=O) groups excluding carboxylic acids is 2. The van der Waals surface area contributed by atoms with Crippen molar-refractivity contribution < 1.29 is 18.0 Å². The fourth-order valence-electron chi connectivity index (χ4n) is 4.83. The lowest BCUT2D eigenvalue weighted by Crippen LogP contribution is -2.43. The van der Waals surface area contributed by atoms with E-state index in [2.05, 4.69) is 4.90 Å². The summed E-state index contributed by atoms with van der Waals surface area (Å²) < 4.78 is 25.4. The molecule has 3 atom stereocenters. The summed E-state index contributed by atoms with van der Waals surface area (Å²) in [5, 5.41) is 0. The van der Waals surface area contributed by atoms with E-state index < -0.39 is 22.0 Å². The predicted molar refractivity (Wildman–Crippen MR) is 103 cm³/mol. The molecule has 152 valence electrons. The highest BCUT2D eigenvalue weighted by atomic mass is 32.2. The number of piperidine rings is 1. The van der Waals surface area contributed by atoms with Crippen LogP contribution in [0.2, 0.25) is 0 Å². The number of rotatable bonds is 5. The SMILES string of the molecule is CC(C)C1C(=O)N(S(C)(=O)=O)[C@@H]2CCN(C(=O)/C=C/CN3CCCCC3)[C@@H]12. The van der Waals surface area contributed by atoms with Crippen LogP contribution < -0.4 is 0 Å². The van der Waals surface area contributed by atoms with Gasteiger partial charge < -0.3 is 4.90 Å². The molecule has 3 heterocycles. The molecule has 7 nitrogen and oxygen atoms in total. The summed E-state index contributed by atoms with van der Waals surface area (Å²) in [6.45, 7) is 7.22. The van der Waals surface area contributed by atoms with Crippen LogP contribution in [0.5, 0.6) is 0 Å². The van der Waals surface area contributed by atoms with E-state index in [9.17, 15) is 18.0 Å². The maximum absolute atomic E-state index is 12.8. The molecule has 3 aliphatic heterocycles. The molecule has 0 radical (unpaired) electrons. The van der Waals surface area contributed by atoms with Crippen molar-refractivity contribution >= 4 is 21.8 Å². The molecule has 0 bridgehead atoms. The van der Waals surface area contributed by atoms with Gasteiger partial charge in [-0.05, 0) is 38.3 Å². The third kappa shape index (κ3) is 4.06. The molecule has 0 saturated carbocycles. The van der Waals surface area contributed by atoms with Crippen LogP contribution in [0.1, 0.15) is 39.5 Å². The maximum Gasteiger partial charge on any atom is 0.246 e. The van der Waals surface area contributed by atoms with E-state index in [-0.39, 0.29) is 23.8 Å². The van der Waals surface area contributed by atoms with E-state index >= 15 is 0 Å². The van der Waals surface area contributed by atoms with Gasteiger partial charge in [-0.3, -0.25) is 14.5 Å². The average molecular weight is 398 g/mol. The fraction of sp³-hybridized carbons (Fsp3) is 0.789. The molecule has 27 heavy (non-hydrogen) atoms. The number of sulfonamides is 1. The van der Waals surface area contributed by atoms with Gasteiger partial charge in [0.15, 0.2) is 0 Å². The normalized spacial score (nSPS) is 29.9. The third-order valence-corrected chi connectivity index (χ3v) is 7.19. The van der Waals surface area contributed by atoms with Gasteiger partial charge in [0.05, 0.1) is 24.3 Å². The number of amides is 2. The Morgan fingerprint density at radius 2 is 1.85 bits per heavy atom. The zero-order chi connectivity index (χ0) is 19.8. The van der Waals surface area contributed by atoms with Crippen molar-refractivity contribution in [3.63, 3.8) is 0 Å². The molecule has 8 heteroatoms. The summed E-state index contributed by atoms with van der Waals surface area (Å²) in [6, 6.07) is -0.793. The lowest BCUT2D eigenvalue weighted by Gasteiger charge is -2.28. The fourth-order valence-corrected chi connectivity index (χ4v) is 6.00. The largest absolute Gasteiger partial charge is 0.333 e. The van der Waals surface area contributed by atoms with Gasteiger partial charge >= 0.3 is 0 Å². The van der Waals surface area contributed by atoms with E-state index in [0.717, 1.165) is 30.2 Å². The monoisotopic (exact) mass is 397 g/mol. The quantitative estimate of drug-likeness (QED) is 0.649. The van der Waals surface area contributed by atoms with Gasteiger partial charge in [0.2, 0.25) is 21.8 Å². The summed E-state index contributed by atoms with van der Waals surface area (Å²) in [6.07, 6.45) is 8.77. The molecular weight excluding hydrogens is 366 g/mol. The van der Waals surface area contributed by atoms with Gasteiger partial charge in [-0.15, -0.1) is 0 Å². The van der Waals surface area contributed by atoms with Crippen molar-refractivity contribution in [3.05, 3.63) is 12.2 Å². The number of hydrogen-bond acceptors (Lipinski definition) is 5. The average Bonchev–Trinajstić information content (AvgIpc) is 3.11. The van der Waals surface area contributed by atoms with E-state index in [0.29, 0.717) is 13.0 Å². The standard InChI is InChI=1S/C19H31N3O4S/c1-14(2)17-18-15(22(19(17)24)27(3,25)26)9-13-21(18)16(23)8-7-12-20-10-5-4-6-11-20/h7-8,14-15,17-18H,4-6,9-13H2,1-3H3/b8-7+/t15-,17?,18-/m1/s1. The predicted octanol–water partition coefficient (Wildman–Crippen LogP) is 1.07. The van der Waals surface area contributed by atoms with Crippen LogP contribution in [0.25, 0.3) is 0 Å². The van der Waals surface area contributed by atoms with Crippen LogP contribution in [0.3, 0.4) is 0 Å². The van der Waals surface area contributed by atoms with Gasteiger partial charge in [0.25, 0.3) is 0 Å². The van der Waals surface area contributed by atoms with Crippen molar-refractivity contribution in [1.29, 1.82) is 0 Å². The van der Waals surface area contributed by atoms with Crippen molar-refractivity contribution in [3.8, 4) is 0 Å². The second kappa shape index (κ2) is 7.91. The number of fused-ring (bicyclic) bond motifs is 1. The summed E-state index contributed by atoms with van der Waals surface area (Å²) in [5.74, 6) is -0.972. The van der Waals surface area contributed by atoms with Gasteiger partial charge in [-0.25, -0.2) is 12.7 Å². The molecular formula is C19H31N3O4S. The molecule has 3 fully saturated rings.